The Labute approximate surface area is 184 Å². The minimum atomic E-state index is -0.487. The Morgan fingerprint density at radius 2 is 1.81 bits per heavy atom. The molecule has 1 fully saturated rings. The van der Waals surface area contributed by atoms with Gasteiger partial charge in [-0.15, -0.1) is 0 Å². The van der Waals surface area contributed by atoms with Gasteiger partial charge in [0.1, 0.15) is 11.3 Å². The molecule has 1 aliphatic heterocycles. The summed E-state index contributed by atoms with van der Waals surface area (Å²) in [5.74, 6) is -0.709. The SMILES string of the molecule is CCOC(=O)c1ccc(C(=O)NCCCN2CCN(C(=O)OC(C)(C)C)CC2)nc1C. The van der Waals surface area contributed by atoms with E-state index < -0.39 is 11.6 Å². The quantitative estimate of drug-likeness (QED) is 0.519. The number of pyridine rings is 1. The van der Waals surface area contributed by atoms with Crippen LogP contribution in [0, 0.1) is 6.92 Å². The molecule has 0 unspecified atom stereocenters. The molecule has 0 saturated carbocycles. The lowest BCUT2D eigenvalue weighted by molar-refractivity contribution is 0.0144. The van der Waals surface area contributed by atoms with E-state index in [9.17, 15) is 14.4 Å². The van der Waals surface area contributed by atoms with Crippen molar-refractivity contribution in [2.24, 2.45) is 0 Å². The maximum absolute atomic E-state index is 12.3. The van der Waals surface area contributed by atoms with Crippen molar-refractivity contribution in [3.05, 3.63) is 29.1 Å². The normalized spacial score (nSPS) is 14.8. The number of aryl methyl sites for hydroxylation is 1. The van der Waals surface area contributed by atoms with Crippen LogP contribution in [-0.4, -0.2) is 84.2 Å². The Bertz CT molecular complexity index is 783. The van der Waals surface area contributed by atoms with E-state index in [0.717, 1.165) is 26.1 Å². The van der Waals surface area contributed by atoms with E-state index in [-0.39, 0.29) is 24.3 Å². The lowest BCUT2D eigenvalue weighted by atomic mass is 10.2. The molecule has 2 rings (SSSR count). The van der Waals surface area contributed by atoms with Crippen molar-refractivity contribution in [2.75, 3.05) is 45.9 Å². The highest BCUT2D eigenvalue weighted by molar-refractivity contribution is 5.95. The molecule has 1 N–H and O–H groups in total. The molecule has 9 nitrogen and oxygen atoms in total. The molecule has 0 aliphatic carbocycles. The van der Waals surface area contributed by atoms with Gasteiger partial charge in [0, 0.05) is 32.7 Å². The minimum absolute atomic E-state index is 0.267. The van der Waals surface area contributed by atoms with Gasteiger partial charge in [0.05, 0.1) is 17.9 Å². The van der Waals surface area contributed by atoms with Gasteiger partial charge in [0.2, 0.25) is 0 Å². The number of hydrogen-bond donors (Lipinski definition) is 1. The predicted octanol–water partition coefficient (Wildman–Crippen LogP) is 2.24. The van der Waals surface area contributed by atoms with E-state index in [0.29, 0.717) is 30.9 Å². The topological polar surface area (TPSA) is 101 Å². The van der Waals surface area contributed by atoms with Crippen LogP contribution in [0.4, 0.5) is 4.79 Å². The second-order valence-corrected chi connectivity index (χ2v) is 8.47. The summed E-state index contributed by atoms with van der Waals surface area (Å²) in [6.45, 7) is 13.5. The molecule has 31 heavy (non-hydrogen) atoms. The average Bonchev–Trinajstić information content (AvgIpc) is 2.70. The highest BCUT2D eigenvalue weighted by Crippen LogP contribution is 2.12. The van der Waals surface area contributed by atoms with Crippen LogP contribution < -0.4 is 5.32 Å². The van der Waals surface area contributed by atoms with Gasteiger partial charge in [0.25, 0.3) is 5.91 Å². The van der Waals surface area contributed by atoms with Crippen LogP contribution in [-0.2, 0) is 9.47 Å². The average molecular weight is 435 g/mol. The highest BCUT2D eigenvalue weighted by atomic mass is 16.6. The number of carbonyl (C=O) groups excluding carboxylic acids is 3. The Morgan fingerprint density at radius 1 is 1.13 bits per heavy atom. The molecule has 0 atom stereocenters. The third kappa shape index (κ3) is 7.82. The molecule has 172 valence electrons. The van der Waals surface area contributed by atoms with Crippen LogP contribution in [0.5, 0.6) is 0 Å². The molecule has 9 heteroatoms. The lowest BCUT2D eigenvalue weighted by Crippen LogP contribution is -2.50. The molecule has 1 aromatic heterocycles. The molecule has 0 spiro atoms. The number of rotatable bonds is 7. The van der Waals surface area contributed by atoms with E-state index in [1.54, 1.807) is 24.8 Å². The van der Waals surface area contributed by atoms with Gasteiger partial charge in [-0.2, -0.15) is 0 Å². The van der Waals surface area contributed by atoms with E-state index in [1.807, 2.05) is 20.8 Å². The summed E-state index contributed by atoms with van der Waals surface area (Å²) in [5, 5.41) is 2.86. The second kappa shape index (κ2) is 11.1. The van der Waals surface area contributed by atoms with Crippen molar-refractivity contribution in [1.82, 2.24) is 20.1 Å². The fourth-order valence-corrected chi connectivity index (χ4v) is 3.19. The number of esters is 1. The number of ether oxygens (including phenoxy) is 2. The van der Waals surface area contributed by atoms with Crippen LogP contribution in [0.25, 0.3) is 0 Å². The summed E-state index contributed by atoms with van der Waals surface area (Å²) in [7, 11) is 0. The van der Waals surface area contributed by atoms with Crippen molar-refractivity contribution >= 4 is 18.0 Å². The summed E-state index contributed by atoms with van der Waals surface area (Å²) in [4.78, 5) is 44.5. The fourth-order valence-electron chi connectivity index (χ4n) is 3.19. The second-order valence-electron chi connectivity index (χ2n) is 8.47. The van der Waals surface area contributed by atoms with Gasteiger partial charge in [0.15, 0.2) is 0 Å². The zero-order valence-electron chi connectivity index (χ0n) is 19.2. The molecule has 1 aromatic rings. The van der Waals surface area contributed by atoms with Crippen molar-refractivity contribution in [1.29, 1.82) is 0 Å². The highest BCUT2D eigenvalue weighted by Gasteiger charge is 2.25. The van der Waals surface area contributed by atoms with Gasteiger partial charge >= 0.3 is 12.1 Å². The lowest BCUT2D eigenvalue weighted by Gasteiger charge is -2.35. The summed E-state index contributed by atoms with van der Waals surface area (Å²) in [6.07, 6.45) is 0.522. The molecule has 0 aromatic carbocycles. The van der Waals surface area contributed by atoms with E-state index in [4.69, 9.17) is 9.47 Å². The summed E-state index contributed by atoms with van der Waals surface area (Å²) in [6, 6.07) is 3.10. The third-order valence-electron chi connectivity index (χ3n) is 4.77. The molecule has 1 aliphatic rings. The Hall–Kier alpha value is -2.68. The standard InChI is InChI=1S/C22H34N4O5/c1-6-30-20(28)17-8-9-18(24-16(17)2)19(27)23-10-7-11-25-12-14-26(15-13-25)21(29)31-22(3,4)5/h8-9H,6-7,10-15H2,1-5H3,(H,23,27). The van der Waals surface area contributed by atoms with Crippen LogP contribution in [0.15, 0.2) is 12.1 Å². The number of carbonyl (C=O) groups is 3. The number of hydrogen-bond acceptors (Lipinski definition) is 7. The molecular weight excluding hydrogens is 400 g/mol. The minimum Gasteiger partial charge on any atom is -0.462 e. The maximum atomic E-state index is 12.3. The number of nitrogens with zero attached hydrogens (tertiary/aromatic N) is 3. The summed E-state index contributed by atoms with van der Waals surface area (Å²) >= 11 is 0. The zero-order chi connectivity index (χ0) is 23.0. The van der Waals surface area contributed by atoms with Gasteiger partial charge in [-0.05, 0) is 59.7 Å². The van der Waals surface area contributed by atoms with Crippen molar-refractivity contribution in [3.8, 4) is 0 Å². The van der Waals surface area contributed by atoms with Crippen LogP contribution >= 0.6 is 0 Å². The van der Waals surface area contributed by atoms with Crippen LogP contribution in [0.1, 0.15) is 60.7 Å². The van der Waals surface area contributed by atoms with Crippen molar-refractivity contribution < 1.29 is 23.9 Å². The van der Waals surface area contributed by atoms with Gasteiger partial charge in [-0.25, -0.2) is 14.6 Å². The molecule has 1 saturated heterocycles. The van der Waals surface area contributed by atoms with Crippen LogP contribution in [0.2, 0.25) is 0 Å². The monoisotopic (exact) mass is 434 g/mol. The molecule has 2 heterocycles. The zero-order valence-corrected chi connectivity index (χ0v) is 19.2. The first-order valence-electron chi connectivity index (χ1n) is 10.7. The Morgan fingerprint density at radius 3 is 2.39 bits per heavy atom. The smallest absolute Gasteiger partial charge is 0.410 e. The van der Waals surface area contributed by atoms with Crippen molar-refractivity contribution in [2.45, 2.75) is 46.6 Å². The molecule has 0 radical (unpaired) electrons. The van der Waals surface area contributed by atoms with Crippen molar-refractivity contribution in [3.63, 3.8) is 0 Å². The first-order valence-corrected chi connectivity index (χ1v) is 10.7. The Kier molecular flexibility index (Phi) is 8.79. The maximum Gasteiger partial charge on any atom is 0.410 e. The number of nitrogens with one attached hydrogen (secondary N) is 1. The summed E-state index contributed by atoms with van der Waals surface area (Å²) < 4.78 is 10.4. The number of aromatic nitrogens is 1. The van der Waals surface area contributed by atoms with E-state index >= 15 is 0 Å². The number of piperazine rings is 1. The summed E-state index contributed by atoms with van der Waals surface area (Å²) in [5.41, 5.74) is 0.619. The first kappa shape index (κ1) is 24.6. The largest absolute Gasteiger partial charge is 0.462 e. The molecular formula is C22H34N4O5. The van der Waals surface area contributed by atoms with Gasteiger partial charge in [-0.1, -0.05) is 0 Å². The van der Waals surface area contributed by atoms with Gasteiger partial charge < -0.3 is 19.7 Å². The van der Waals surface area contributed by atoms with Gasteiger partial charge in [-0.3, -0.25) is 9.69 Å². The van der Waals surface area contributed by atoms with E-state index in [1.165, 1.54) is 6.07 Å². The van der Waals surface area contributed by atoms with Crippen LogP contribution in [0.3, 0.4) is 0 Å². The Balaban J connectivity index is 1.70. The molecule has 2 amide bonds. The third-order valence-corrected chi connectivity index (χ3v) is 4.77. The number of amides is 2. The van der Waals surface area contributed by atoms with E-state index in [2.05, 4.69) is 15.2 Å². The predicted molar refractivity (Wildman–Crippen MR) is 116 cm³/mol. The first-order chi connectivity index (χ1) is 14.6. The molecule has 0 bridgehead atoms. The fraction of sp³-hybridized carbons (Fsp3) is 0.636.